The number of carbonyl (C=O) groups excluding carboxylic acids is 1. The maximum Gasteiger partial charge on any atom is 0.263 e. The third kappa shape index (κ3) is 5.29. The van der Waals surface area contributed by atoms with E-state index in [4.69, 9.17) is 16.3 Å². The molecule has 1 aliphatic rings. The molecular weight excluding hydrogens is 446 g/mol. The van der Waals surface area contributed by atoms with E-state index in [0.717, 1.165) is 24.9 Å². The number of aliphatic hydroxyl groups is 1. The van der Waals surface area contributed by atoms with Gasteiger partial charge in [-0.05, 0) is 36.6 Å². The monoisotopic (exact) mass is 469 g/mol. The van der Waals surface area contributed by atoms with Crippen molar-refractivity contribution in [3.8, 4) is 5.75 Å². The van der Waals surface area contributed by atoms with Gasteiger partial charge in [0.2, 0.25) is 11.9 Å². The normalized spacial score (nSPS) is 15.4. The highest BCUT2D eigenvalue weighted by molar-refractivity contribution is 6.32. The van der Waals surface area contributed by atoms with Gasteiger partial charge in [-0.25, -0.2) is 15.0 Å². The number of ether oxygens (including phenoxy) is 1. The van der Waals surface area contributed by atoms with Crippen LogP contribution in [0.25, 0.3) is 0 Å². The Labute approximate surface area is 196 Å². The van der Waals surface area contributed by atoms with Gasteiger partial charge in [-0.1, -0.05) is 17.7 Å². The van der Waals surface area contributed by atoms with Gasteiger partial charge in [0.25, 0.3) is 5.91 Å². The molecule has 1 amide bonds. The molecule has 0 unspecified atom stereocenters. The van der Waals surface area contributed by atoms with Crippen LogP contribution in [0.2, 0.25) is 5.02 Å². The van der Waals surface area contributed by atoms with Crippen LogP contribution < -0.4 is 20.3 Å². The van der Waals surface area contributed by atoms with Crippen molar-refractivity contribution in [2.75, 3.05) is 35.8 Å². The molecule has 172 valence electrons. The van der Waals surface area contributed by atoms with E-state index in [9.17, 15) is 9.90 Å². The maximum absolute atomic E-state index is 12.9. The number of hydrogen-bond donors (Lipinski definition) is 3. The third-order valence-electron chi connectivity index (χ3n) is 5.33. The number of anilines is 3. The fraction of sp³-hybridized carbons (Fsp3) is 0.318. The Morgan fingerprint density at radius 2 is 2.12 bits per heavy atom. The number of hydrogen-bond acceptors (Lipinski definition) is 9. The molecule has 1 aliphatic heterocycles. The molecule has 3 N–H and O–H groups in total. The molecule has 0 aliphatic carbocycles. The van der Waals surface area contributed by atoms with E-state index in [2.05, 4.69) is 30.6 Å². The first-order valence-electron chi connectivity index (χ1n) is 10.5. The van der Waals surface area contributed by atoms with Crippen LogP contribution in [0, 0.1) is 0 Å². The van der Waals surface area contributed by atoms with Gasteiger partial charge in [0.15, 0.2) is 0 Å². The van der Waals surface area contributed by atoms with Crippen molar-refractivity contribution >= 4 is 35.2 Å². The summed E-state index contributed by atoms with van der Waals surface area (Å²) in [4.78, 5) is 32.0. The molecule has 1 saturated heterocycles. The Balaban J connectivity index is 1.61. The molecule has 4 rings (SSSR count). The van der Waals surface area contributed by atoms with Crippen molar-refractivity contribution in [1.29, 1.82) is 0 Å². The van der Waals surface area contributed by atoms with Crippen LogP contribution in [0.15, 0.2) is 42.9 Å². The summed E-state index contributed by atoms with van der Waals surface area (Å²) in [6, 6.07) is 7.06. The number of methoxy groups -OCH3 is 1. The fourth-order valence-electron chi connectivity index (χ4n) is 3.64. The van der Waals surface area contributed by atoms with Crippen molar-refractivity contribution < 1.29 is 14.6 Å². The predicted molar refractivity (Wildman–Crippen MR) is 125 cm³/mol. The lowest BCUT2D eigenvalue weighted by Crippen LogP contribution is -2.34. The summed E-state index contributed by atoms with van der Waals surface area (Å²) in [5, 5.41) is 16.0. The fourth-order valence-corrected chi connectivity index (χ4v) is 3.92. The number of amides is 1. The van der Waals surface area contributed by atoms with Crippen LogP contribution in [0.5, 0.6) is 5.75 Å². The standard InChI is InChI=1S/C22H24ClN7O3/c1-33-18-6-5-14(10-17(18)23)11-26-19-16(20(32)29-21-24-7-3-8-25-21)12-27-22(28-19)30-9-2-4-15(30)13-31/h3,5-8,10,12,15,31H,2,4,9,11,13H2,1H3,(H,26,27,28)(H,24,25,29,32)/t15-/m0/s1. The number of aliphatic hydroxyl groups excluding tert-OH is 1. The minimum Gasteiger partial charge on any atom is -0.495 e. The number of benzene rings is 1. The number of carbonyl (C=O) groups is 1. The van der Waals surface area contributed by atoms with Gasteiger partial charge < -0.3 is 20.1 Å². The van der Waals surface area contributed by atoms with Crippen LogP contribution in [-0.4, -0.2) is 57.3 Å². The molecule has 0 bridgehead atoms. The Bertz CT molecular complexity index is 1120. The molecule has 1 aromatic carbocycles. The number of rotatable bonds is 8. The van der Waals surface area contributed by atoms with Gasteiger partial charge >= 0.3 is 0 Å². The van der Waals surface area contributed by atoms with Crippen LogP contribution in [0.4, 0.5) is 17.7 Å². The molecular formula is C22H24ClN7O3. The van der Waals surface area contributed by atoms with Gasteiger partial charge in [0.1, 0.15) is 17.1 Å². The van der Waals surface area contributed by atoms with E-state index in [1.165, 1.54) is 18.6 Å². The van der Waals surface area contributed by atoms with Gasteiger partial charge in [0, 0.05) is 31.7 Å². The van der Waals surface area contributed by atoms with Crippen LogP contribution in [0.1, 0.15) is 28.8 Å². The summed E-state index contributed by atoms with van der Waals surface area (Å²) in [7, 11) is 1.56. The second-order valence-corrected chi connectivity index (χ2v) is 7.86. The van der Waals surface area contributed by atoms with E-state index < -0.39 is 5.91 Å². The second kappa shape index (κ2) is 10.4. The maximum atomic E-state index is 12.9. The van der Waals surface area contributed by atoms with Gasteiger partial charge in [-0.2, -0.15) is 4.98 Å². The first kappa shape index (κ1) is 22.7. The quantitative estimate of drug-likeness (QED) is 0.456. The third-order valence-corrected chi connectivity index (χ3v) is 5.63. The SMILES string of the molecule is COc1ccc(CNc2nc(N3CCC[C@H]3CO)ncc2C(=O)Nc2ncccn2)cc1Cl. The average molecular weight is 470 g/mol. The van der Waals surface area contributed by atoms with E-state index in [0.29, 0.717) is 29.1 Å². The highest BCUT2D eigenvalue weighted by atomic mass is 35.5. The van der Waals surface area contributed by atoms with Crippen LogP contribution in [0.3, 0.4) is 0 Å². The predicted octanol–water partition coefficient (Wildman–Crippen LogP) is 2.75. The molecule has 11 heteroatoms. The van der Waals surface area contributed by atoms with Crippen LogP contribution in [-0.2, 0) is 6.54 Å². The summed E-state index contributed by atoms with van der Waals surface area (Å²) < 4.78 is 5.20. The molecule has 0 spiro atoms. The summed E-state index contributed by atoms with van der Waals surface area (Å²) in [5.74, 6) is 1.12. The molecule has 1 atom stereocenters. The van der Waals surface area contributed by atoms with Gasteiger partial charge in [-0.15, -0.1) is 0 Å². The Morgan fingerprint density at radius 3 is 2.85 bits per heavy atom. The second-order valence-electron chi connectivity index (χ2n) is 7.45. The zero-order valence-electron chi connectivity index (χ0n) is 18.0. The first-order valence-corrected chi connectivity index (χ1v) is 10.9. The lowest BCUT2D eigenvalue weighted by molar-refractivity contribution is 0.102. The van der Waals surface area contributed by atoms with Crippen molar-refractivity contribution in [2.24, 2.45) is 0 Å². The first-order chi connectivity index (χ1) is 16.1. The molecule has 3 heterocycles. The minimum absolute atomic E-state index is 0.0179. The molecule has 3 aromatic rings. The van der Waals surface area contributed by atoms with E-state index in [1.54, 1.807) is 25.3 Å². The molecule has 2 aromatic heterocycles. The van der Waals surface area contributed by atoms with Gasteiger partial charge in [0.05, 0.1) is 24.8 Å². The topological polar surface area (TPSA) is 125 Å². The molecule has 0 saturated carbocycles. The summed E-state index contributed by atoms with van der Waals surface area (Å²) in [5.41, 5.74) is 1.12. The minimum atomic E-state index is -0.442. The van der Waals surface area contributed by atoms with E-state index in [-0.39, 0.29) is 24.2 Å². The van der Waals surface area contributed by atoms with Crippen molar-refractivity contribution in [3.63, 3.8) is 0 Å². The molecule has 1 fully saturated rings. The van der Waals surface area contributed by atoms with Crippen molar-refractivity contribution in [2.45, 2.75) is 25.4 Å². The highest BCUT2D eigenvalue weighted by Crippen LogP contribution is 2.27. The van der Waals surface area contributed by atoms with E-state index in [1.807, 2.05) is 11.0 Å². The molecule has 10 nitrogen and oxygen atoms in total. The summed E-state index contributed by atoms with van der Waals surface area (Å²) in [6.07, 6.45) is 6.35. The Morgan fingerprint density at radius 1 is 1.30 bits per heavy atom. The highest BCUT2D eigenvalue weighted by Gasteiger charge is 2.27. The zero-order chi connectivity index (χ0) is 23.2. The molecule has 33 heavy (non-hydrogen) atoms. The van der Waals surface area contributed by atoms with Gasteiger partial charge in [-0.3, -0.25) is 10.1 Å². The Hall–Kier alpha value is -3.50. The zero-order valence-corrected chi connectivity index (χ0v) is 18.8. The number of halogens is 1. The smallest absolute Gasteiger partial charge is 0.263 e. The van der Waals surface area contributed by atoms with Crippen molar-refractivity contribution in [1.82, 2.24) is 19.9 Å². The molecule has 0 radical (unpaired) electrons. The number of nitrogens with zero attached hydrogens (tertiary/aromatic N) is 5. The Kier molecular flexibility index (Phi) is 7.16. The lowest BCUT2D eigenvalue weighted by Gasteiger charge is -2.24. The average Bonchev–Trinajstić information content (AvgIpc) is 3.32. The lowest BCUT2D eigenvalue weighted by atomic mass is 10.2. The summed E-state index contributed by atoms with van der Waals surface area (Å²) in [6.45, 7) is 1.12. The summed E-state index contributed by atoms with van der Waals surface area (Å²) >= 11 is 6.24. The number of nitrogens with one attached hydrogen (secondary N) is 2. The van der Waals surface area contributed by atoms with Crippen molar-refractivity contribution in [3.05, 3.63) is 59.0 Å². The van der Waals surface area contributed by atoms with E-state index >= 15 is 0 Å². The largest absolute Gasteiger partial charge is 0.495 e. The number of aromatic nitrogens is 4. The van der Waals surface area contributed by atoms with Crippen LogP contribution >= 0.6 is 11.6 Å².